The molecule has 1 aliphatic heterocycles. The Morgan fingerprint density at radius 2 is 2.00 bits per heavy atom. The highest BCUT2D eigenvalue weighted by Crippen LogP contribution is 2.16. The zero-order valence-corrected chi connectivity index (χ0v) is 10.3. The highest BCUT2D eigenvalue weighted by Gasteiger charge is 2.36. The van der Waals surface area contributed by atoms with E-state index in [-0.39, 0.29) is 5.91 Å². The summed E-state index contributed by atoms with van der Waals surface area (Å²) in [6.45, 7) is 0. The van der Waals surface area contributed by atoms with Crippen LogP contribution in [0.3, 0.4) is 0 Å². The van der Waals surface area contributed by atoms with E-state index in [4.69, 9.17) is 0 Å². The van der Waals surface area contributed by atoms with Crippen molar-refractivity contribution in [1.29, 1.82) is 0 Å². The third-order valence-electron chi connectivity index (χ3n) is 3.70. The lowest BCUT2D eigenvalue weighted by Gasteiger charge is -2.19. The van der Waals surface area contributed by atoms with Crippen LogP contribution in [0, 0.1) is 0 Å². The average Bonchev–Trinajstić information content (AvgIpc) is 2.82. The Labute approximate surface area is 106 Å². The molecule has 1 aromatic carbocycles. The number of carbonyl (C=O) groups excluding carboxylic acids is 1. The molecule has 2 aliphatic rings. The molecular formula is C14H18N3O+. The van der Waals surface area contributed by atoms with Gasteiger partial charge in [-0.2, -0.15) is 0 Å². The minimum Gasteiger partial charge on any atom is -0.271 e. The van der Waals surface area contributed by atoms with Crippen LogP contribution in [0.15, 0.2) is 30.3 Å². The molecule has 4 nitrogen and oxygen atoms in total. The van der Waals surface area contributed by atoms with Gasteiger partial charge in [0, 0.05) is 0 Å². The Bertz CT molecular complexity index is 469. The van der Waals surface area contributed by atoms with Crippen molar-refractivity contribution in [3.05, 3.63) is 35.9 Å². The second-order valence-corrected chi connectivity index (χ2v) is 4.98. The van der Waals surface area contributed by atoms with Crippen LogP contribution in [0.1, 0.15) is 36.0 Å². The van der Waals surface area contributed by atoms with Gasteiger partial charge < -0.3 is 0 Å². The monoisotopic (exact) mass is 244 g/mol. The van der Waals surface area contributed by atoms with E-state index in [0.717, 1.165) is 5.96 Å². The molecule has 1 saturated carbocycles. The number of hydrogen-bond acceptors (Lipinski definition) is 2. The summed E-state index contributed by atoms with van der Waals surface area (Å²) in [5.41, 5.74) is 0.684. The van der Waals surface area contributed by atoms with E-state index in [1.165, 1.54) is 25.7 Å². The van der Waals surface area contributed by atoms with Gasteiger partial charge in [-0.25, -0.2) is 5.32 Å². The van der Waals surface area contributed by atoms with E-state index >= 15 is 0 Å². The van der Waals surface area contributed by atoms with Crippen molar-refractivity contribution >= 4 is 11.9 Å². The first-order valence-corrected chi connectivity index (χ1v) is 6.59. The molecule has 0 unspecified atom stereocenters. The van der Waals surface area contributed by atoms with E-state index in [1.807, 2.05) is 30.3 Å². The van der Waals surface area contributed by atoms with Gasteiger partial charge in [0.2, 0.25) is 0 Å². The molecule has 94 valence electrons. The molecule has 0 spiro atoms. The number of rotatable bonds is 1. The SMILES string of the molecule is O=C(NC1=[NH+][C@H]2CCCC[C@H]2N1)c1ccccc1. The van der Waals surface area contributed by atoms with Crippen molar-refractivity contribution in [1.82, 2.24) is 10.6 Å². The van der Waals surface area contributed by atoms with Crippen molar-refractivity contribution in [3.8, 4) is 0 Å². The van der Waals surface area contributed by atoms with Gasteiger partial charge in [0.25, 0.3) is 0 Å². The molecule has 0 bridgehead atoms. The quantitative estimate of drug-likeness (QED) is 0.639. The zero-order chi connectivity index (χ0) is 12.4. The maximum atomic E-state index is 12.0. The van der Waals surface area contributed by atoms with E-state index in [2.05, 4.69) is 15.6 Å². The minimum atomic E-state index is -0.0655. The number of nitrogens with one attached hydrogen (secondary N) is 3. The summed E-state index contributed by atoms with van der Waals surface area (Å²) in [7, 11) is 0. The van der Waals surface area contributed by atoms with Crippen LogP contribution in [0.2, 0.25) is 0 Å². The van der Waals surface area contributed by atoms with Crippen LogP contribution in [-0.4, -0.2) is 24.0 Å². The summed E-state index contributed by atoms with van der Waals surface area (Å²) < 4.78 is 0. The Hall–Kier alpha value is -1.84. The summed E-state index contributed by atoms with van der Waals surface area (Å²) >= 11 is 0. The second-order valence-electron chi connectivity index (χ2n) is 4.98. The highest BCUT2D eigenvalue weighted by molar-refractivity contribution is 6.04. The predicted molar refractivity (Wildman–Crippen MR) is 69.1 cm³/mol. The Kier molecular flexibility index (Phi) is 3.00. The zero-order valence-electron chi connectivity index (χ0n) is 10.3. The average molecular weight is 244 g/mol. The molecule has 1 amide bonds. The number of hydrogen-bond donors (Lipinski definition) is 3. The molecule has 0 aromatic heterocycles. The Balaban J connectivity index is 1.65. The maximum Gasteiger partial charge on any atom is 0.351 e. The summed E-state index contributed by atoms with van der Waals surface area (Å²) in [4.78, 5) is 15.4. The fourth-order valence-corrected chi connectivity index (χ4v) is 2.74. The Morgan fingerprint density at radius 3 is 2.78 bits per heavy atom. The van der Waals surface area contributed by atoms with Crippen LogP contribution in [0.4, 0.5) is 0 Å². The van der Waals surface area contributed by atoms with Gasteiger partial charge in [-0.3, -0.25) is 15.1 Å². The van der Waals surface area contributed by atoms with Crippen LogP contribution in [-0.2, 0) is 0 Å². The van der Waals surface area contributed by atoms with Crippen molar-refractivity contribution in [2.75, 3.05) is 0 Å². The maximum absolute atomic E-state index is 12.0. The number of fused-ring (bicyclic) bond motifs is 1. The molecule has 2 atom stereocenters. The lowest BCUT2D eigenvalue weighted by Crippen LogP contribution is -2.80. The number of amides is 1. The number of guanidine groups is 1. The van der Waals surface area contributed by atoms with Crippen LogP contribution >= 0.6 is 0 Å². The number of carbonyl (C=O) groups is 1. The van der Waals surface area contributed by atoms with E-state index in [9.17, 15) is 4.79 Å². The summed E-state index contributed by atoms with van der Waals surface area (Å²) in [6.07, 6.45) is 4.91. The fraction of sp³-hybridized carbons (Fsp3) is 0.429. The largest absolute Gasteiger partial charge is 0.351 e. The van der Waals surface area contributed by atoms with Crippen LogP contribution in [0.25, 0.3) is 0 Å². The van der Waals surface area contributed by atoms with Crippen molar-refractivity contribution in [3.63, 3.8) is 0 Å². The molecule has 0 radical (unpaired) electrons. The van der Waals surface area contributed by atoms with E-state index < -0.39 is 0 Å². The smallest absolute Gasteiger partial charge is 0.271 e. The molecule has 1 heterocycles. The first-order valence-electron chi connectivity index (χ1n) is 6.59. The van der Waals surface area contributed by atoms with Crippen molar-refractivity contribution < 1.29 is 9.79 Å². The normalized spacial score (nSPS) is 25.9. The van der Waals surface area contributed by atoms with E-state index in [0.29, 0.717) is 17.6 Å². The summed E-state index contributed by atoms with van der Waals surface area (Å²) in [5.74, 6) is 0.699. The minimum absolute atomic E-state index is 0.0655. The number of benzene rings is 1. The molecule has 4 heteroatoms. The van der Waals surface area contributed by atoms with Crippen molar-refractivity contribution in [2.24, 2.45) is 0 Å². The van der Waals surface area contributed by atoms with E-state index in [1.54, 1.807) is 0 Å². The molecule has 0 saturated heterocycles. The summed E-state index contributed by atoms with van der Waals surface area (Å²) in [5, 5.41) is 6.27. The van der Waals surface area contributed by atoms with Gasteiger partial charge >= 0.3 is 11.9 Å². The second kappa shape index (κ2) is 4.80. The predicted octanol–water partition coefficient (Wildman–Crippen LogP) is -0.233. The van der Waals surface area contributed by atoms with Gasteiger partial charge in [-0.15, -0.1) is 0 Å². The standard InChI is InChI=1S/C14H17N3O/c18-13(10-6-2-1-3-7-10)17-14-15-11-8-4-5-9-12(11)16-14/h1-3,6-7,11-12H,4-5,8-9H2,(H2,15,16,17,18)/p+1/t11-,12+. The lowest BCUT2D eigenvalue weighted by atomic mass is 9.92. The van der Waals surface area contributed by atoms with Gasteiger partial charge in [0.15, 0.2) is 0 Å². The topological polar surface area (TPSA) is 55.1 Å². The third-order valence-corrected chi connectivity index (χ3v) is 3.70. The fourth-order valence-electron chi connectivity index (χ4n) is 2.74. The van der Waals surface area contributed by atoms with Gasteiger partial charge in [-0.1, -0.05) is 18.2 Å². The highest BCUT2D eigenvalue weighted by atomic mass is 16.1. The van der Waals surface area contributed by atoms with Gasteiger partial charge in [0.1, 0.15) is 12.1 Å². The summed E-state index contributed by atoms with van der Waals surface area (Å²) in [6, 6.07) is 10.2. The molecule has 18 heavy (non-hydrogen) atoms. The van der Waals surface area contributed by atoms with Gasteiger partial charge in [0.05, 0.1) is 5.56 Å². The van der Waals surface area contributed by atoms with Gasteiger partial charge in [-0.05, 0) is 37.8 Å². The molecule has 3 rings (SSSR count). The Morgan fingerprint density at radius 1 is 1.22 bits per heavy atom. The first kappa shape index (κ1) is 11.3. The third kappa shape index (κ3) is 2.23. The lowest BCUT2D eigenvalue weighted by molar-refractivity contribution is -0.500. The first-order chi connectivity index (χ1) is 8.83. The van der Waals surface area contributed by atoms with Crippen LogP contribution in [0.5, 0.6) is 0 Å². The van der Waals surface area contributed by atoms with Crippen molar-refractivity contribution in [2.45, 2.75) is 37.8 Å². The molecule has 1 aromatic rings. The molecular weight excluding hydrogens is 226 g/mol. The molecule has 1 aliphatic carbocycles. The van der Waals surface area contributed by atoms with Crippen LogP contribution < -0.4 is 15.6 Å². The molecule has 3 N–H and O–H groups in total. The molecule has 1 fully saturated rings.